The minimum Gasteiger partial charge on any atom is -0.481 e. The van der Waals surface area contributed by atoms with E-state index in [1.54, 1.807) is 47.3 Å². The summed E-state index contributed by atoms with van der Waals surface area (Å²) in [4.78, 5) is 23.2. The van der Waals surface area contributed by atoms with Crippen LogP contribution in [0.15, 0.2) is 53.1 Å². The maximum atomic E-state index is 12.4. The van der Waals surface area contributed by atoms with Gasteiger partial charge in [-0.3, -0.25) is 10.1 Å². The SMILES string of the molecule is CC(C)n1nc(-c2ccco2)cc1NC(=O)Nc1cccc(CCC(=O)O)c1. The third-order valence-corrected chi connectivity index (χ3v) is 4.05. The number of amides is 2. The molecule has 2 heterocycles. The van der Waals surface area contributed by atoms with Crippen molar-refractivity contribution in [3.05, 3.63) is 54.3 Å². The molecule has 2 aromatic heterocycles. The van der Waals surface area contributed by atoms with Gasteiger partial charge in [0.05, 0.1) is 6.26 Å². The Bertz CT molecular complexity index is 961. The molecule has 3 N–H and O–H groups in total. The zero-order chi connectivity index (χ0) is 20.1. The second-order valence-corrected chi connectivity index (χ2v) is 6.60. The Hall–Kier alpha value is -3.55. The number of aliphatic carboxylic acids is 1. The Morgan fingerprint density at radius 3 is 2.68 bits per heavy atom. The highest BCUT2D eigenvalue weighted by Gasteiger charge is 2.15. The van der Waals surface area contributed by atoms with Crippen molar-refractivity contribution < 1.29 is 19.1 Å². The summed E-state index contributed by atoms with van der Waals surface area (Å²) in [6, 6.07) is 12.1. The van der Waals surface area contributed by atoms with Gasteiger partial charge < -0.3 is 14.8 Å². The van der Waals surface area contributed by atoms with E-state index >= 15 is 0 Å². The second-order valence-electron chi connectivity index (χ2n) is 6.60. The van der Waals surface area contributed by atoms with Gasteiger partial charge in [-0.05, 0) is 50.1 Å². The molecule has 28 heavy (non-hydrogen) atoms. The fourth-order valence-electron chi connectivity index (χ4n) is 2.76. The fourth-order valence-corrected chi connectivity index (χ4v) is 2.76. The molecule has 2 amide bonds. The Balaban J connectivity index is 1.71. The van der Waals surface area contributed by atoms with Gasteiger partial charge in [-0.25, -0.2) is 9.48 Å². The molecule has 0 bridgehead atoms. The van der Waals surface area contributed by atoms with Gasteiger partial charge in [0.1, 0.15) is 11.5 Å². The standard InChI is InChI=1S/C20H22N4O4/c1-13(2)24-18(12-16(23-24)17-7-4-10-28-17)22-20(27)21-15-6-3-5-14(11-15)8-9-19(25)26/h3-7,10-13H,8-9H2,1-2H3,(H,25,26)(H2,21,22,27). The van der Waals surface area contributed by atoms with Crippen LogP contribution in [0.1, 0.15) is 31.9 Å². The van der Waals surface area contributed by atoms with Gasteiger partial charge in [0.2, 0.25) is 0 Å². The molecule has 0 saturated heterocycles. The molecule has 3 rings (SSSR count). The van der Waals surface area contributed by atoms with Gasteiger partial charge >= 0.3 is 12.0 Å². The number of furan rings is 1. The molecular formula is C20H22N4O4. The molecule has 3 aromatic rings. The number of aromatic nitrogens is 2. The lowest BCUT2D eigenvalue weighted by Crippen LogP contribution is -2.22. The van der Waals surface area contributed by atoms with E-state index in [4.69, 9.17) is 9.52 Å². The van der Waals surface area contributed by atoms with Crippen LogP contribution >= 0.6 is 0 Å². The quantitative estimate of drug-likeness (QED) is 0.561. The van der Waals surface area contributed by atoms with Gasteiger partial charge in [-0.1, -0.05) is 12.1 Å². The van der Waals surface area contributed by atoms with Crippen LogP contribution in [0.5, 0.6) is 0 Å². The minimum atomic E-state index is -0.856. The first-order valence-electron chi connectivity index (χ1n) is 8.94. The van der Waals surface area contributed by atoms with Crippen LogP contribution < -0.4 is 10.6 Å². The largest absolute Gasteiger partial charge is 0.481 e. The van der Waals surface area contributed by atoms with Crippen molar-refractivity contribution in [3.63, 3.8) is 0 Å². The van der Waals surface area contributed by atoms with E-state index in [1.165, 1.54) is 0 Å². The molecular weight excluding hydrogens is 360 g/mol. The number of rotatable bonds is 7. The average molecular weight is 382 g/mol. The highest BCUT2D eigenvalue weighted by molar-refractivity contribution is 5.99. The number of benzene rings is 1. The Morgan fingerprint density at radius 2 is 2.00 bits per heavy atom. The first-order valence-corrected chi connectivity index (χ1v) is 8.94. The summed E-state index contributed by atoms with van der Waals surface area (Å²) in [6.07, 6.45) is 2.01. The van der Waals surface area contributed by atoms with Gasteiger partial charge in [0, 0.05) is 24.2 Å². The Morgan fingerprint density at radius 1 is 1.18 bits per heavy atom. The van der Waals surface area contributed by atoms with Crippen molar-refractivity contribution in [2.75, 3.05) is 10.6 Å². The van der Waals surface area contributed by atoms with Gasteiger partial charge in [-0.2, -0.15) is 5.10 Å². The predicted octanol–water partition coefficient (Wildman–Crippen LogP) is 4.39. The van der Waals surface area contributed by atoms with Crippen molar-refractivity contribution in [3.8, 4) is 11.5 Å². The fraction of sp³-hybridized carbons (Fsp3) is 0.250. The zero-order valence-electron chi connectivity index (χ0n) is 15.7. The van der Waals surface area contributed by atoms with Crippen molar-refractivity contribution in [2.45, 2.75) is 32.7 Å². The van der Waals surface area contributed by atoms with Crippen LogP contribution in [0.2, 0.25) is 0 Å². The molecule has 0 unspecified atom stereocenters. The van der Waals surface area contributed by atoms with E-state index in [0.717, 1.165) is 5.56 Å². The number of carboxylic acid groups (broad SMARTS) is 1. The third kappa shape index (κ3) is 4.79. The van der Waals surface area contributed by atoms with Crippen LogP contribution in [0.4, 0.5) is 16.3 Å². The molecule has 8 heteroatoms. The summed E-state index contributed by atoms with van der Waals surface area (Å²) in [7, 11) is 0. The zero-order valence-corrected chi connectivity index (χ0v) is 15.7. The first kappa shape index (κ1) is 19.2. The maximum absolute atomic E-state index is 12.4. The molecule has 0 aliphatic heterocycles. The number of carboxylic acids is 1. The Labute approximate surface area is 162 Å². The molecule has 0 saturated carbocycles. The molecule has 0 radical (unpaired) electrons. The van der Waals surface area contributed by atoms with E-state index in [1.807, 2.05) is 19.9 Å². The summed E-state index contributed by atoms with van der Waals surface area (Å²) in [5.74, 6) is 0.306. The lowest BCUT2D eigenvalue weighted by molar-refractivity contribution is -0.136. The van der Waals surface area contributed by atoms with E-state index in [0.29, 0.717) is 29.4 Å². The number of nitrogens with zero attached hydrogens (tertiary/aromatic N) is 2. The molecule has 146 valence electrons. The molecule has 1 aromatic carbocycles. The molecule has 8 nitrogen and oxygen atoms in total. The van der Waals surface area contributed by atoms with Crippen LogP contribution in [0.25, 0.3) is 11.5 Å². The number of anilines is 2. The van der Waals surface area contributed by atoms with Gasteiger partial charge in [0.25, 0.3) is 0 Å². The molecule has 0 aliphatic rings. The van der Waals surface area contributed by atoms with Crippen molar-refractivity contribution in [1.82, 2.24) is 9.78 Å². The van der Waals surface area contributed by atoms with Crippen molar-refractivity contribution in [1.29, 1.82) is 0 Å². The highest BCUT2D eigenvalue weighted by atomic mass is 16.4. The topological polar surface area (TPSA) is 109 Å². The number of urea groups is 1. The second kappa shape index (κ2) is 8.43. The number of hydrogen-bond acceptors (Lipinski definition) is 4. The number of hydrogen-bond donors (Lipinski definition) is 3. The summed E-state index contributed by atoms with van der Waals surface area (Å²) < 4.78 is 7.08. The number of carbonyl (C=O) groups excluding carboxylic acids is 1. The predicted molar refractivity (Wildman–Crippen MR) is 105 cm³/mol. The van der Waals surface area contributed by atoms with E-state index in [9.17, 15) is 9.59 Å². The number of aryl methyl sites for hydroxylation is 1. The van der Waals surface area contributed by atoms with Crippen molar-refractivity contribution in [2.24, 2.45) is 0 Å². The summed E-state index contributed by atoms with van der Waals surface area (Å²) in [6.45, 7) is 3.93. The molecule has 0 aliphatic carbocycles. The summed E-state index contributed by atoms with van der Waals surface area (Å²) >= 11 is 0. The summed E-state index contributed by atoms with van der Waals surface area (Å²) in [5.41, 5.74) is 2.06. The lowest BCUT2D eigenvalue weighted by Gasteiger charge is -2.12. The van der Waals surface area contributed by atoms with E-state index < -0.39 is 12.0 Å². The normalized spacial score (nSPS) is 10.8. The van der Waals surface area contributed by atoms with E-state index in [2.05, 4.69) is 15.7 Å². The monoisotopic (exact) mass is 382 g/mol. The molecule has 0 fully saturated rings. The highest BCUT2D eigenvalue weighted by Crippen LogP contribution is 2.25. The van der Waals surface area contributed by atoms with Gasteiger partial charge in [0.15, 0.2) is 5.76 Å². The first-order chi connectivity index (χ1) is 13.4. The lowest BCUT2D eigenvalue weighted by atomic mass is 10.1. The maximum Gasteiger partial charge on any atom is 0.324 e. The number of nitrogens with one attached hydrogen (secondary N) is 2. The van der Waals surface area contributed by atoms with Crippen LogP contribution in [0.3, 0.4) is 0 Å². The summed E-state index contributed by atoms with van der Waals surface area (Å²) in [5, 5.41) is 18.9. The average Bonchev–Trinajstić information content (AvgIpc) is 3.29. The van der Waals surface area contributed by atoms with Crippen LogP contribution in [-0.2, 0) is 11.2 Å². The minimum absolute atomic E-state index is 0.0401. The number of carbonyl (C=O) groups is 2. The van der Waals surface area contributed by atoms with Crippen LogP contribution in [0, 0.1) is 0 Å². The van der Waals surface area contributed by atoms with Crippen molar-refractivity contribution >= 4 is 23.5 Å². The van der Waals surface area contributed by atoms with Gasteiger partial charge in [-0.15, -0.1) is 0 Å². The molecule has 0 atom stereocenters. The van der Waals surface area contributed by atoms with E-state index in [-0.39, 0.29) is 12.5 Å². The smallest absolute Gasteiger partial charge is 0.324 e. The Kier molecular flexibility index (Phi) is 5.78. The third-order valence-electron chi connectivity index (χ3n) is 4.05. The van der Waals surface area contributed by atoms with Crippen LogP contribution in [-0.4, -0.2) is 26.9 Å². The molecule has 0 spiro atoms.